The zero-order chi connectivity index (χ0) is 22.4. The number of aromatic nitrogens is 2. The van der Waals surface area contributed by atoms with E-state index in [4.69, 9.17) is 16.2 Å². The van der Waals surface area contributed by atoms with Crippen molar-refractivity contribution >= 4 is 39.3 Å². The molecule has 0 saturated carbocycles. The number of ether oxygens (including phenoxy) is 1. The second-order valence-electron chi connectivity index (χ2n) is 8.56. The van der Waals surface area contributed by atoms with Crippen LogP contribution in [0, 0.1) is 6.92 Å². The highest BCUT2D eigenvalue weighted by molar-refractivity contribution is 8.27. The molecule has 0 radical (unpaired) electrons. The third-order valence-corrected chi connectivity index (χ3v) is 6.86. The lowest BCUT2D eigenvalue weighted by Gasteiger charge is -2.26. The van der Waals surface area contributed by atoms with Crippen molar-refractivity contribution in [2.45, 2.75) is 45.7 Å². The summed E-state index contributed by atoms with van der Waals surface area (Å²) in [5.74, 6) is 2.39. The fourth-order valence-electron chi connectivity index (χ4n) is 4.53. The first-order chi connectivity index (χ1) is 15.4. The Hall–Kier alpha value is -3.07. The molecule has 0 fully saturated rings. The van der Waals surface area contributed by atoms with Crippen LogP contribution in [-0.4, -0.2) is 39.4 Å². The summed E-state index contributed by atoms with van der Waals surface area (Å²) in [6.07, 6.45) is 2.74. The van der Waals surface area contributed by atoms with Crippen molar-refractivity contribution in [1.29, 1.82) is 0 Å². The van der Waals surface area contributed by atoms with Gasteiger partial charge in [0.2, 0.25) is 5.95 Å². The van der Waals surface area contributed by atoms with Gasteiger partial charge in [0.05, 0.1) is 6.54 Å². The van der Waals surface area contributed by atoms with E-state index in [9.17, 15) is 0 Å². The lowest BCUT2D eigenvalue weighted by Crippen LogP contribution is -2.28. The SMILES string of the molecule is Cc1nc(N)nc(N2CCOc3ccc(C4=CN=C5SC(N)=NC5C4)cc3C2)c1C(C)C. The molecule has 4 heterocycles. The second-order valence-corrected chi connectivity index (χ2v) is 9.60. The molecule has 1 aromatic heterocycles. The maximum atomic E-state index is 6.08. The molecule has 32 heavy (non-hydrogen) atoms. The molecule has 3 aliphatic heterocycles. The number of nitrogens with two attached hydrogens (primary N) is 2. The topological polar surface area (TPSA) is 115 Å². The summed E-state index contributed by atoms with van der Waals surface area (Å²) in [5.41, 5.74) is 17.4. The highest BCUT2D eigenvalue weighted by Crippen LogP contribution is 2.36. The van der Waals surface area contributed by atoms with E-state index < -0.39 is 0 Å². The first-order valence-corrected chi connectivity index (χ1v) is 11.6. The minimum atomic E-state index is 0.0344. The second kappa shape index (κ2) is 8.12. The third-order valence-electron chi connectivity index (χ3n) is 5.96. The van der Waals surface area contributed by atoms with Crippen LogP contribution in [0.4, 0.5) is 11.8 Å². The van der Waals surface area contributed by atoms with Gasteiger partial charge in [0, 0.05) is 36.0 Å². The summed E-state index contributed by atoms with van der Waals surface area (Å²) in [6.45, 7) is 8.31. The molecular formula is C23H27N7OS. The number of hydrogen-bond donors (Lipinski definition) is 2. The zero-order valence-electron chi connectivity index (χ0n) is 18.5. The number of hydrogen-bond acceptors (Lipinski definition) is 9. The number of anilines is 2. The Morgan fingerprint density at radius 2 is 2.06 bits per heavy atom. The van der Waals surface area contributed by atoms with E-state index in [2.05, 4.69) is 56.9 Å². The van der Waals surface area contributed by atoms with Gasteiger partial charge >= 0.3 is 0 Å². The van der Waals surface area contributed by atoms with E-state index >= 15 is 0 Å². The van der Waals surface area contributed by atoms with Crippen molar-refractivity contribution in [3.05, 3.63) is 46.8 Å². The average Bonchev–Trinajstić information content (AvgIpc) is 2.98. The van der Waals surface area contributed by atoms with Crippen LogP contribution in [0.2, 0.25) is 0 Å². The van der Waals surface area contributed by atoms with E-state index in [1.54, 1.807) is 0 Å². The fraction of sp³-hybridized carbons (Fsp3) is 0.391. The van der Waals surface area contributed by atoms with Gasteiger partial charge in [0.1, 0.15) is 29.3 Å². The van der Waals surface area contributed by atoms with Gasteiger partial charge in [-0.15, -0.1) is 0 Å². The normalized spacial score (nSPS) is 20.1. The molecule has 0 spiro atoms. The molecule has 9 heteroatoms. The minimum absolute atomic E-state index is 0.0344. The Bertz CT molecular complexity index is 1170. The average molecular weight is 450 g/mol. The van der Waals surface area contributed by atoms with Crippen LogP contribution < -0.4 is 21.1 Å². The van der Waals surface area contributed by atoms with Gasteiger partial charge in [-0.25, -0.2) is 4.98 Å². The van der Waals surface area contributed by atoms with Crippen molar-refractivity contribution in [2.24, 2.45) is 15.7 Å². The van der Waals surface area contributed by atoms with Crippen molar-refractivity contribution in [3.63, 3.8) is 0 Å². The number of fused-ring (bicyclic) bond motifs is 2. The standard InChI is InChI=1S/C23H27N7OS/c1-12(2)19-13(3)27-22(24)29-20(19)30-6-7-31-18-5-4-14(8-16(18)11-30)15-9-17-21(26-10-15)32-23(25)28-17/h4-5,8,10,12,17H,6-7,9,11H2,1-3H3,(H2,25,28)(H2,24,27,29). The molecule has 5 rings (SSSR count). The van der Waals surface area contributed by atoms with Crippen LogP contribution in [0.15, 0.2) is 34.4 Å². The van der Waals surface area contributed by atoms with Crippen molar-refractivity contribution in [1.82, 2.24) is 9.97 Å². The number of aryl methyl sites for hydroxylation is 1. The molecule has 166 valence electrons. The fourth-order valence-corrected chi connectivity index (χ4v) is 5.30. The van der Waals surface area contributed by atoms with Gasteiger partial charge in [-0.2, -0.15) is 4.98 Å². The molecule has 4 N–H and O–H groups in total. The van der Waals surface area contributed by atoms with Crippen LogP contribution in [0.25, 0.3) is 5.57 Å². The molecule has 1 unspecified atom stereocenters. The first-order valence-electron chi connectivity index (χ1n) is 10.8. The Morgan fingerprint density at radius 3 is 2.88 bits per heavy atom. The van der Waals surface area contributed by atoms with Crippen LogP contribution in [-0.2, 0) is 6.54 Å². The lowest BCUT2D eigenvalue weighted by molar-refractivity contribution is 0.331. The molecule has 2 aromatic rings. The van der Waals surface area contributed by atoms with Crippen LogP contribution in [0.3, 0.4) is 0 Å². The first kappa shape index (κ1) is 20.8. The summed E-state index contributed by atoms with van der Waals surface area (Å²) >= 11 is 1.46. The Labute approximate surface area is 191 Å². The van der Waals surface area contributed by atoms with Crippen LogP contribution in [0.1, 0.15) is 48.6 Å². The Kier molecular flexibility index (Phi) is 5.28. The summed E-state index contributed by atoms with van der Waals surface area (Å²) in [7, 11) is 0. The van der Waals surface area contributed by atoms with Gasteiger partial charge in [0.15, 0.2) is 5.17 Å². The van der Waals surface area contributed by atoms with Gasteiger partial charge < -0.3 is 21.1 Å². The van der Waals surface area contributed by atoms with E-state index in [1.807, 2.05) is 13.1 Å². The zero-order valence-corrected chi connectivity index (χ0v) is 19.3. The molecule has 3 aliphatic rings. The van der Waals surface area contributed by atoms with E-state index in [0.29, 0.717) is 24.3 Å². The van der Waals surface area contributed by atoms with Gasteiger partial charge in [-0.3, -0.25) is 9.98 Å². The molecule has 0 amide bonds. The summed E-state index contributed by atoms with van der Waals surface area (Å²) < 4.78 is 6.08. The summed E-state index contributed by atoms with van der Waals surface area (Å²) in [6, 6.07) is 6.38. The molecule has 8 nitrogen and oxygen atoms in total. The van der Waals surface area contributed by atoms with Crippen LogP contribution in [0.5, 0.6) is 5.75 Å². The van der Waals surface area contributed by atoms with Gasteiger partial charge in [-0.1, -0.05) is 19.9 Å². The Balaban J connectivity index is 1.48. The number of nitrogens with zero attached hydrogens (tertiary/aromatic N) is 5. The number of amidine groups is 1. The van der Waals surface area contributed by atoms with Crippen LogP contribution >= 0.6 is 11.8 Å². The molecule has 0 bridgehead atoms. The lowest BCUT2D eigenvalue weighted by atomic mass is 9.96. The predicted molar refractivity (Wildman–Crippen MR) is 131 cm³/mol. The van der Waals surface area contributed by atoms with Crippen molar-refractivity contribution < 1.29 is 4.74 Å². The quantitative estimate of drug-likeness (QED) is 0.737. The Morgan fingerprint density at radius 1 is 1.22 bits per heavy atom. The molecule has 1 aromatic carbocycles. The third kappa shape index (κ3) is 3.81. The van der Waals surface area contributed by atoms with Gasteiger partial charge in [-0.05, 0) is 47.9 Å². The molecular weight excluding hydrogens is 422 g/mol. The summed E-state index contributed by atoms with van der Waals surface area (Å²) in [5, 5.41) is 1.57. The largest absolute Gasteiger partial charge is 0.491 e. The minimum Gasteiger partial charge on any atom is -0.491 e. The van der Waals surface area contributed by atoms with E-state index in [1.165, 1.54) is 11.8 Å². The summed E-state index contributed by atoms with van der Waals surface area (Å²) in [4.78, 5) is 20.4. The number of nitrogen functional groups attached to an aromatic ring is 1. The number of benzene rings is 1. The maximum Gasteiger partial charge on any atom is 0.222 e. The highest BCUT2D eigenvalue weighted by atomic mass is 32.2. The molecule has 0 aliphatic carbocycles. The molecule has 0 saturated heterocycles. The van der Waals surface area contributed by atoms with Crippen molar-refractivity contribution in [3.8, 4) is 5.75 Å². The number of aliphatic imine (C=N–C) groups is 2. The predicted octanol–water partition coefficient (Wildman–Crippen LogP) is 3.46. The number of rotatable bonds is 3. The maximum absolute atomic E-state index is 6.08. The van der Waals surface area contributed by atoms with E-state index in [-0.39, 0.29) is 12.0 Å². The smallest absolute Gasteiger partial charge is 0.222 e. The number of thioether (sulfide) groups is 1. The van der Waals surface area contributed by atoms with E-state index in [0.717, 1.165) is 57.5 Å². The molecule has 1 atom stereocenters. The van der Waals surface area contributed by atoms with Gasteiger partial charge in [0.25, 0.3) is 0 Å². The van der Waals surface area contributed by atoms with Crippen molar-refractivity contribution in [2.75, 3.05) is 23.8 Å². The highest BCUT2D eigenvalue weighted by Gasteiger charge is 2.29. The monoisotopic (exact) mass is 449 g/mol.